The molecule has 0 spiro atoms. The molecule has 2 aliphatic rings. The van der Waals surface area contributed by atoms with Crippen molar-refractivity contribution in [1.29, 1.82) is 0 Å². The van der Waals surface area contributed by atoms with E-state index in [4.69, 9.17) is 0 Å². The van der Waals surface area contributed by atoms with Crippen LogP contribution in [0.1, 0.15) is 28.4 Å². The molecule has 0 N–H and O–H groups in total. The highest BCUT2D eigenvalue weighted by Crippen LogP contribution is 2.26. The number of benzene rings is 1. The summed E-state index contributed by atoms with van der Waals surface area (Å²) in [7, 11) is 1.48. The SMILES string of the molecule is Cc1cnc(N2CCN(C(=O)c3ccc(N4C(=O)N(C)C(=O)C4C)cc3)CC2)c(C)c1. The highest BCUT2D eigenvalue weighted by atomic mass is 16.2. The first kappa shape index (κ1) is 20.8. The van der Waals surface area contributed by atoms with E-state index in [-0.39, 0.29) is 17.8 Å². The van der Waals surface area contributed by atoms with Gasteiger partial charge in [0.2, 0.25) is 0 Å². The van der Waals surface area contributed by atoms with Crippen LogP contribution in [-0.4, -0.2) is 71.9 Å². The molecule has 0 bridgehead atoms. The summed E-state index contributed by atoms with van der Waals surface area (Å²) in [5, 5.41) is 0. The standard InChI is InChI=1S/C23H27N5O3/c1-15-13-16(2)20(24-14-15)26-9-11-27(12-10-26)22(30)18-5-7-19(8-6-18)28-17(3)21(29)25(4)23(28)31/h5-8,13-14,17H,9-12H2,1-4H3. The van der Waals surface area contributed by atoms with Crippen molar-refractivity contribution in [3.8, 4) is 0 Å². The molecule has 1 aromatic heterocycles. The minimum Gasteiger partial charge on any atom is -0.353 e. The molecule has 8 nitrogen and oxygen atoms in total. The van der Waals surface area contributed by atoms with Crippen molar-refractivity contribution in [1.82, 2.24) is 14.8 Å². The summed E-state index contributed by atoms with van der Waals surface area (Å²) >= 11 is 0. The zero-order chi connectivity index (χ0) is 22.3. The summed E-state index contributed by atoms with van der Waals surface area (Å²) in [4.78, 5) is 48.5. The van der Waals surface area contributed by atoms with E-state index >= 15 is 0 Å². The number of anilines is 2. The van der Waals surface area contributed by atoms with E-state index < -0.39 is 6.04 Å². The van der Waals surface area contributed by atoms with Crippen LogP contribution in [0.25, 0.3) is 0 Å². The van der Waals surface area contributed by atoms with Gasteiger partial charge in [-0.1, -0.05) is 6.07 Å². The summed E-state index contributed by atoms with van der Waals surface area (Å²) in [6.45, 7) is 8.50. The number of piperazine rings is 1. The predicted molar refractivity (Wildman–Crippen MR) is 118 cm³/mol. The normalized spacial score (nSPS) is 19.4. The third kappa shape index (κ3) is 3.73. The summed E-state index contributed by atoms with van der Waals surface area (Å²) in [5.41, 5.74) is 3.46. The molecule has 3 heterocycles. The second kappa shape index (κ2) is 8.02. The van der Waals surface area contributed by atoms with Crippen molar-refractivity contribution in [3.63, 3.8) is 0 Å². The average molecular weight is 422 g/mol. The summed E-state index contributed by atoms with van der Waals surface area (Å²) < 4.78 is 0. The van der Waals surface area contributed by atoms with Crippen molar-refractivity contribution >= 4 is 29.4 Å². The predicted octanol–water partition coefficient (Wildman–Crippen LogP) is 2.45. The van der Waals surface area contributed by atoms with Crippen molar-refractivity contribution < 1.29 is 14.4 Å². The molecule has 1 aromatic carbocycles. The van der Waals surface area contributed by atoms with Crippen molar-refractivity contribution in [3.05, 3.63) is 53.2 Å². The van der Waals surface area contributed by atoms with Crippen LogP contribution in [0.15, 0.2) is 36.5 Å². The molecule has 4 rings (SSSR count). The second-order valence-corrected chi connectivity index (χ2v) is 8.21. The first-order valence-corrected chi connectivity index (χ1v) is 10.5. The van der Waals surface area contributed by atoms with Gasteiger partial charge in [-0.15, -0.1) is 0 Å². The Hall–Kier alpha value is -3.42. The number of urea groups is 1. The van der Waals surface area contributed by atoms with Crippen LogP contribution >= 0.6 is 0 Å². The number of carbonyl (C=O) groups is 3. The number of aryl methyl sites for hydroxylation is 2. The van der Waals surface area contributed by atoms with Crippen LogP contribution < -0.4 is 9.80 Å². The maximum absolute atomic E-state index is 13.0. The van der Waals surface area contributed by atoms with Crippen molar-refractivity contribution in [2.75, 3.05) is 43.0 Å². The van der Waals surface area contributed by atoms with Crippen LogP contribution in [0.3, 0.4) is 0 Å². The smallest absolute Gasteiger partial charge is 0.331 e. The van der Waals surface area contributed by atoms with Gasteiger partial charge >= 0.3 is 6.03 Å². The Kier molecular flexibility index (Phi) is 5.39. The van der Waals surface area contributed by atoms with Crippen LogP contribution in [0, 0.1) is 13.8 Å². The molecule has 8 heteroatoms. The second-order valence-electron chi connectivity index (χ2n) is 8.21. The fourth-order valence-corrected chi connectivity index (χ4v) is 4.25. The molecular formula is C23H27N5O3. The quantitative estimate of drug-likeness (QED) is 0.712. The van der Waals surface area contributed by atoms with E-state index in [0.29, 0.717) is 24.3 Å². The van der Waals surface area contributed by atoms with Gasteiger partial charge in [0.15, 0.2) is 0 Å². The van der Waals surface area contributed by atoms with Gasteiger partial charge in [-0.05, 0) is 56.2 Å². The zero-order valence-electron chi connectivity index (χ0n) is 18.3. The summed E-state index contributed by atoms with van der Waals surface area (Å²) in [6.07, 6.45) is 1.87. The molecule has 0 aliphatic carbocycles. The van der Waals surface area contributed by atoms with Gasteiger partial charge in [0.25, 0.3) is 11.8 Å². The Labute approximate surface area is 182 Å². The Morgan fingerprint density at radius 3 is 2.23 bits per heavy atom. The molecule has 31 heavy (non-hydrogen) atoms. The molecule has 2 fully saturated rings. The lowest BCUT2D eigenvalue weighted by Gasteiger charge is -2.36. The van der Waals surface area contributed by atoms with Crippen LogP contribution in [0.4, 0.5) is 16.3 Å². The fraction of sp³-hybridized carbons (Fsp3) is 0.391. The molecule has 0 radical (unpaired) electrons. The molecule has 1 atom stereocenters. The lowest BCUT2D eigenvalue weighted by molar-refractivity contribution is -0.125. The van der Waals surface area contributed by atoms with Gasteiger partial charge in [0.1, 0.15) is 11.9 Å². The number of likely N-dealkylation sites (N-methyl/N-ethyl adjacent to an activating group) is 1. The largest absolute Gasteiger partial charge is 0.353 e. The Morgan fingerprint density at radius 2 is 1.68 bits per heavy atom. The number of imide groups is 1. The van der Waals surface area contributed by atoms with Gasteiger partial charge in [-0.25, -0.2) is 9.78 Å². The van der Waals surface area contributed by atoms with E-state index in [1.165, 1.54) is 11.9 Å². The highest BCUT2D eigenvalue weighted by Gasteiger charge is 2.41. The van der Waals surface area contributed by atoms with Gasteiger partial charge < -0.3 is 9.80 Å². The molecule has 2 saturated heterocycles. The topological polar surface area (TPSA) is 77.1 Å². The maximum Gasteiger partial charge on any atom is 0.331 e. The van der Waals surface area contributed by atoms with Crippen LogP contribution in [0.5, 0.6) is 0 Å². The molecule has 0 saturated carbocycles. The Bertz CT molecular complexity index is 1030. The van der Waals surface area contributed by atoms with E-state index in [0.717, 1.165) is 34.9 Å². The number of rotatable bonds is 3. The van der Waals surface area contributed by atoms with Crippen molar-refractivity contribution in [2.24, 2.45) is 0 Å². The van der Waals surface area contributed by atoms with E-state index in [1.807, 2.05) is 18.0 Å². The van der Waals surface area contributed by atoms with E-state index in [1.54, 1.807) is 31.2 Å². The number of carbonyl (C=O) groups excluding carboxylic acids is 3. The van der Waals surface area contributed by atoms with Gasteiger partial charge in [0, 0.05) is 50.7 Å². The number of hydrogen-bond donors (Lipinski definition) is 0. The third-order valence-corrected chi connectivity index (χ3v) is 6.01. The monoisotopic (exact) mass is 421 g/mol. The first-order valence-electron chi connectivity index (χ1n) is 10.5. The lowest BCUT2D eigenvalue weighted by Crippen LogP contribution is -2.49. The minimum absolute atomic E-state index is 0.0335. The van der Waals surface area contributed by atoms with Crippen molar-refractivity contribution in [2.45, 2.75) is 26.8 Å². The average Bonchev–Trinajstić information content (AvgIpc) is 2.96. The Morgan fingerprint density at radius 1 is 1.03 bits per heavy atom. The molecule has 4 amide bonds. The molecule has 162 valence electrons. The third-order valence-electron chi connectivity index (χ3n) is 6.01. The van der Waals surface area contributed by atoms with Gasteiger partial charge in [-0.2, -0.15) is 0 Å². The fourth-order valence-electron chi connectivity index (χ4n) is 4.25. The highest BCUT2D eigenvalue weighted by molar-refractivity contribution is 6.13. The molecule has 1 unspecified atom stereocenters. The first-order chi connectivity index (χ1) is 14.8. The number of nitrogens with zero attached hydrogens (tertiary/aromatic N) is 5. The number of amides is 4. The van der Waals surface area contributed by atoms with Crippen LogP contribution in [0.2, 0.25) is 0 Å². The maximum atomic E-state index is 13.0. The van der Waals surface area contributed by atoms with E-state index in [9.17, 15) is 14.4 Å². The molecule has 2 aliphatic heterocycles. The van der Waals surface area contributed by atoms with Gasteiger partial charge in [-0.3, -0.25) is 19.4 Å². The zero-order valence-corrected chi connectivity index (χ0v) is 18.3. The van der Waals surface area contributed by atoms with Crippen LogP contribution in [-0.2, 0) is 4.79 Å². The molecule has 2 aromatic rings. The van der Waals surface area contributed by atoms with Gasteiger partial charge in [0.05, 0.1) is 0 Å². The number of aromatic nitrogens is 1. The number of pyridine rings is 1. The lowest BCUT2D eigenvalue weighted by atomic mass is 10.1. The minimum atomic E-state index is -0.550. The van der Waals surface area contributed by atoms with E-state index in [2.05, 4.69) is 22.9 Å². The summed E-state index contributed by atoms with van der Waals surface area (Å²) in [6, 6.07) is 8.11. The Balaban J connectivity index is 1.42. The number of hydrogen-bond acceptors (Lipinski definition) is 5. The summed E-state index contributed by atoms with van der Waals surface area (Å²) in [5.74, 6) is 0.709. The molecular weight excluding hydrogens is 394 g/mol.